The summed E-state index contributed by atoms with van der Waals surface area (Å²) in [7, 11) is 0. The van der Waals surface area contributed by atoms with E-state index in [-0.39, 0.29) is 0 Å². The van der Waals surface area contributed by atoms with E-state index in [2.05, 4.69) is 132 Å². The van der Waals surface area contributed by atoms with Crippen molar-refractivity contribution in [2.75, 3.05) is 0 Å². The Morgan fingerprint density at radius 1 is 0.306 bits per heavy atom. The molecule has 168 valence electrons. The zero-order chi connectivity index (χ0) is 23.9. The molecule has 36 heavy (non-hydrogen) atoms. The fraction of sp³-hybridized carbons (Fsp3) is 0. The second-order valence-electron chi connectivity index (χ2n) is 9.23. The Bertz CT molecular complexity index is 1850. The first kappa shape index (κ1) is 20.6. The number of benzene rings is 6. The highest BCUT2D eigenvalue weighted by Gasteiger charge is 2.10. The van der Waals surface area contributed by atoms with Crippen LogP contribution in [-0.2, 0) is 0 Å². The third-order valence-electron chi connectivity index (χ3n) is 7.10. The Labute approximate surface area is 210 Å². The predicted octanol–water partition coefficient (Wildman–Crippen LogP) is 9.54. The first-order chi connectivity index (χ1) is 17.8. The molecule has 1 aromatic heterocycles. The van der Waals surface area contributed by atoms with E-state index in [4.69, 9.17) is 0 Å². The topological polar surface area (TPSA) is 12.9 Å². The predicted molar refractivity (Wildman–Crippen MR) is 153 cm³/mol. The van der Waals surface area contributed by atoms with Gasteiger partial charge in [-0.15, -0.1) is 0 Å². The molecule has 0 atom stereocenters. The molecule has 1 heterocycles. The number of pyridine rings is 1. The summed E-state index contributed by atoms with van der Waals surface area (Å²) in [6.07, 6.45) is 1.90. The summed E-state index contributed by atoms with van der Waals surface area (Å²) in [5.74, 6) is 0. The summed E-state index contributed by atoms with van der Waals surface area (Å²) in [6, 6.07) is 47.8. The minimum absolute atomic E-state index is 0.988. The molecule has 0 unspecified atom stereocenters. The quantitative estimate of drug-likeness (QED) is 0.241. The third-order valence-corrected chi connectivity index (χ3v) is 7.10. The standard InChI is InChI=1S/C35H23N/c1-2-9-24(10-3-1)35-23-28(19-20-36-35)26-12-8-11-25(21-26)27-17-18-33-31-15-5-4-13-29(31)30-14-6-7-16-32(30)34(33)22-27/h1-23H. The molecule has 0 bridgehead atoms. The van der Waals surface area contributed by atoms with E-state index in [0.717, 1.165) is 11.3 Å². The summed E-state index contributed by atoms with van der Waals surface area (Å²) in [5, 5.41) is 7.80. The average Bonchev–Trinajstić information content (AvgIpc) is 2.98. The van der Waals surface area contributed by atoms with Gasteiger partial charge in [-0.25, -0.2) is 0 Å². The zero-order valence-electron chi connectivity index (χ0n) is 19.7. The van der Waals surface area contributed by atoms with E-state index < -0.39 is 0 Å². The van der Waals surface area contributed by atoms with Crippen LogP contribution in [0.25, 0.3) is 65.8 Å². The van der Waals surface area contributed by atoms with Gasteiger partial charge >= 0.3 is 0 Å². The van der Waals surface area contributed by atoms with Crippen LogP contribution < -0.4 is 0 Å². The lowest BCUT2D eigenvalue weighted by Crippen LogP contribution is -1.87. The molecule has 1 heteroatoms. The van der Waals surface area contributed by atoms with Crippen molar-refractivity contribution in [2.45, 2.75) is 0 Å². The van der Waals surface area contributed by atoms with Gasteiger partial charge in [-0.2, -0.15) is 0 Å². The summed E-state index contributed by atoms with van der Waals surface area (Å²) in [4.78, 5) is 4.60. The molecule has 6 aromatic carbocycles. The lowest BCUT2D eigenvalue weighted by Gasteiger charge is -2.12. The number of rotatable bonds is 3. The SMILES string of the molecule is c1ccc(-c2cc(-c3cccc(-c4ccc5c6ccccc6c6ccccc6c5c4)c3)ccn2)cc1. The molecule has 7 aromatic rings. The number of hydrogen-bond donors (Lipinski definition) is 0. The van der Waals surface area contributed by atoms with Crippen LogP contribution in [-0.4, -0.2) is 4.98 Å². The molecule has 7 rings (SSSR count). The van der Waals surface area contributed by atoms with Gasteiger partial charge in [0.15, 0.2) is 0 Å². The fourth-order valence-corrected chi connectivity index (χ4v) is 5.34. The molecule has 0 fully saturated rings. The van der Waals surface area contributed by atoms with Gasteiger partial charge in [-0.05, 0) is 78.8 Å². The Hall–Kier alpha value is -4.75. The molecular formula is C35H23N. The molecule has 0 radical (unpaired) electrons. The molecule has 0 spiro atoms. The van der Waals surface area contributed by atoms with Crippen molar-refractivity contribution >= 4 is 32.3 Å². The van der Waals surface area contributed by atoms with Crippen molar-refractivity contribution in [3.63, 3.8) is 0 Å². The van der Waals surface area contributed by atoms with Crippen LogP contribution in [0.5, 0.6) is 0 Å². The summed E-state index contributed by atoms with van der Waals surface area (Å²) < 4.78 is 0. The smallest absolute Gasteiger partial charge is 0.0708 e. The van der Waals surface area contributed by atoms with E-state index >= 15 is 0 Å². The van der Waals surface area contributed by atoms with Gasteiger partial charge in [0.25, 0.3) is 0 Å². The number of hydrogen-bond acceptors (Lipinski definition) is 1. The fourth-order valence-electron chi connectivity index (χ4n) is 5.34. The van der Waals surface area contributed by atoms with E-state index in [0.29, 0.717) is 0 Å². The summed E-state index contributed by atoms with van der Waals surface area (Å²) in [5.41, 5.74) is 6.91. The highest BCUT2D eigenvalue weighted by atomic mass is 14.7. The van der Waals surface area contributed by atoms with Crippen LogP contribution in [0.3, 0.4) is 0 Å². The first-order valence-corrected chi connectivity index (χ1v) is 12.3. The minimum Gasteiger partial charge on any atom is -0.256 e. The molecule has 0 saturated heterocycles. The van der Waals surface area contributed by atoms with E-state index in [9.17, 15) is 0 Å². The lowest BCUT2D eigenvalue weighted by atomic mass is 9.91. The molecule has 0 aliphatic heterocycles. The average molecular weight is 458 g/mol. The molecular weight excluding hydrogens is 434 g/mol. The second kappa shape index (κ2) is 8.48. The van der Waals surface area contributed by atoms with Gasteiger partial charge in [0.1, 0.15) is 0 Å². The maximum absolute atomic E-state index is 4.60. The Kier molecular flexibility index (Phi) is 4.85. The lowest BCUT2D eigenvalue weighted by molar-refractivity contribution is 1.33. The molecule has 0 aliphatic carbocycles. The second-order valence-corrected chi connectivity index (χ2v) is 9.23. The van der Waals surface area contributed by atoms with E-state index in [1.54, 1.807) is 0 Å². The number of fused-ring (bicyclic) bond motifs is 6. The van der Waals surface area contributed by atoms with E-state index in [1.165, 1.54) is 54.6 Å². The van der Waals surface area contributed by atoms with Crippen LogP contribution in [0, 0.1) is 0 Å². The number of aromatic nitrogens is 1. The van der Waals surface area contributed by atoms with Crippen LogP contribution in [0.4, 0.5) is 0 Å². The van der Waals surface area contributed by atoms with Crippen molar-refractivity contribution in [1.29, 1.82) is 0 Å². The molecule has 0 N–H and O–H groups in total. The van der Waals surface area contributed by atoms with Gasteiger partial charge in [-0.1, -0.05) is 109 Å². The van der Waals surface area contributed by atoms with Crippen LogP contribution in [0.15, 0.2) is 140 Å². The normalized spacial score (nSPS) is 11.3. The molecule has 1 nitrogen and oxygen atoms in total. The van der Waals surface area contributed by atoms with Crippen molar-refractivity contribution in [3.05, 3.63) is 140 Å². The van der Waals surface area contributed by atoms with Crippen molar-refractivity contribution in [1.82, 2.24) is 4.98 Å². The highest BCUT2D eigenvalue weighted by Crippen LogP contribution is 2.37. The highest BCUT2D eigenvalue weighted by molar-refractivity contribution is 6.25. The molecule has 0 saturated carbocycles. The van der Waals surface area contributed by atoms with Crippen LogP contribution >= 0.6 is 0 Å². The van der Waals surface area contributed by atoms with Gasteiger partial charge < -0.3 is 0 Å². The van der Waals surface area contributed by atoms with Crippen molar-refractivity contribution < 1.29 is 0 Å². The zero-order valence-corrected chi connectivity index (χ0v) is 19.7. The van der Waals surface area contributed by atoms with Gasteiger partial charge in [0.2, 0.25) is 0 Å². The minimum atomic E-state index is 0.988. The van der Waals surface area contributed by atoms with Crippen LogP contribution in [0.1, 0.15) is 0 Å². The Morgan fingerprint density at radius 2 is 0.806 bits per heavy atom. The largest absolute Gasteiger partial charge is 0.256 e. The maximum Gasteiger partial charge on any atom is 0.0708 e. The number of nitrogens with zero attached hydrogens (tertiary/aromatic N) is 1. The Balaban J connectivity index is 1.38. The van der Waals surface area contributed by atoms with Gasteiger partial charge in [-0.3, -0.25) is 4.98 Å². The maximum atomic E-state index is 4.60. The van der Waals surface area contributed by atoms with Crippen molar-refractivity contribution in [3.8, 4) is 33.5 Å². The van der Waals surface area contributed by atoms with Gasteiger partial charge in [0.05, 0.1) is 5.69 Å². The third kappa shape index (κ3) is 3.45. The monoisotopic (exact) mass is 457 g/mol. The molecule has 0 amide bonds. The van der Waals surface area contributed by atoms with Crippen molar-refractivity contribution in [2.24, 2.45) is 0 Å². The van der Waals surface area contributed by atoms with Crippen LogP contribution in [0.2, 0.25) is 0 Å². The Morgan fingerprint density at radius 3 is 1.47 bits per heavy atom. The first-order valence-electron chi connectivity index (χ1n) is 12.3. The summed E-state index contributed by atoms with van der Waals surface area (Å²) in [6.45, 7) is 0. The van der Waals surface area contributed by atoms with E-state index in [1.807, 2.05) is 12.3 Å². The summed E-state index contributed by atoms with van der Waals surface area (Å²) >= 11 is 0. The molecule has 0 aliphatic rings. The van der Waals surface area contributed by atoms with Gasteiger partial charge in [0, 0.05) is 11.8 Å².